The first-order valence-corrected chi connectivity index (χ1v) is 11.3. The van der Waals surface area contributed by atoms with Crippen LogP contribution in [-0.4, -0.2) is 67.7 Å². The van der Waals surface area contributed by atoms with Crippen molar-refractivity contribution in [1.82, 2.24) is 9.88 Å². The smallest absolute Gasteiger partial charge is 0.255 e. The van der Waals surface area contributed by atoms with Crippen molar-refractivity contribution in [2.24, 2.45) is 5.92 Å². The number of amides is 2. The fourth-order valence-electron chi connectivity index (χ4n) is 4.13. The molecule has 8 nitrogen and oxygen atoms in total. The van der Waals surface area contributed by atoms with E-state index in [4.69, 9.17) is 9.47 Å². The van der Waals surface area contributed by atoms with E-state index in [9.17, 15) is 9.59 Å². The summed E-state index contributed by atoms with van der Waals surface area (Å²) in [6, 6.07) is 10.8. The van der Waals surface area contributed by atoms with Gasteiger partial charge in [-0.25, -0.2) is 4.98 Å². The molecule has 2 fully saturated rings. The van der Waals surface area contributed by atoms with E-state index in [2.05, 4.69) is 15.2 Å². The average Bonchev–Trinajstić information content (AvgIpc) is 2.86. The van der Waals surface area contributed by atoms with Crippen LogP contribution in [0.25, 0.3) is 0 Å². The van der Waals surface area contributed by atoms with Gasteiger partial charge in [-0.05, 0) is 56.2 Å². The molecule has 2 aliphatic heterocycles. The number of pyridine rings is 1. The van der Waals surface area contributed by atoms with Gasteiger partial charge < -0.3 is 24.6 Å². The molecule has 0 bridgehead atoms. The summed E-state index contributed by atoms with van der Waals surface area (Å²) < 4.78 is 10.8. The monoisotopic (exact) mass is 438 g/mol. The number of morpholine rings is 1. The van der Waals surface area contributed by atoms with E-state index in [-0.39, 0.29) is 17.7 Å². The highest BCUT2D eigenvalue weighted by molar-refractivity contribution is 6.04. The van der Waals surface area contributed by atoms with E-state index >= 15 is 0 Å². The van der Waals surface area contributed by atoms with Crippen LogP contribution in [0.5, 0.6) is 5.75 Å². The Morgan fingerprint density at radius 1 is 1.09 bits per heavy atom. The van der Waals surface area contributed by atoms with Crippen LogP contribution in [0, 0.1) is 5.92 Å². The number of carbonyl (C=O) groups is 2. The van der Waals surface area contributed by atoms with Crippen molar-refractivity contribution in [1.29, 1.82) is 0 Å². The third kappa shape index (κ3) is 5.37. The first-order chi connectivity index (χ1) is 15.6. The molecule has 2 aliphatic rings. The molecule has 32 heavy (non-hydrogen) atoms. The molecule has 2 aromatic rings. The molecule has 1 aromatic carbocycles. The van der Waals surface area contributed by atoms with Gasteiger partial charge in [0, 0.05) is 49.5 Å². The Labute approximate surface area is 188 Å². The number of anilines is 2. The minimum absolute atomic E-state index is 0.0514. The predicted molar refractivity (Wildman–Crippen MR) is 122 cm³/mol. The first kappa shape index (κ1) is 22.1. The van der Waals surface area contributed by atoms with E-state index in [0.29, 0.717) is 44.2 Å². The zero-order valence-corrected chi connectivity index (χ0v) is 18.5. The second-order valence-corrected chi connectivity index (χ2v) is 8.01. The largest absolute Gasteiger partial charge is 0.494 e. The van der Waals surface area contributed by atoms with Crippen LogP contribution in [-0.2, 0) is 9.53 Å². The number of ether oxygens (including phenoxy) is 2. The van der Waals surface area contributed by atoms with Gasteiger partial charge in [0.25, 0.3) is 5.91 Å². The number of piperidine rings is 1. The summed E-state index contributed by atoms with van der Waals surface area (Å²) in [5.74, 6) is 1.64. The summed E-state index contributed by atoms with van der Waals surface area (Å²) >= 11 is 0. The van der Waals surface area contributed by atoms with Gasteiger partial charge >= 0.3 is 0 Å². The van der Waals surface area contributed by atoms with E-state index in [1.807, 2.05) is 42.2 Å². The molecule has 0 atom stereocenters. The summed E-state index contributed by atoms with van der Waals surface area (Å²) in [5.41, 5.74) is 1.26. The predicted octanol–water partition coefficient (Wildman–Crippen LogP) is 2.81. The number of rotatable bonds is 6. The molecular weight excluding hydrogens is 408 g/mol. The van der Waals surface area contributed by atoms with Gasteiger partial charge in [0.1, 0.15) is 11.6 Å². The molecule has 1 aromatic heterocycles. The highest BCUT2D eigenvalue weighted by atomic mass is 16.5. The normalized spacial score (nSPS) is 17.2. The summed E-state index contributed by atoms with van der Waals surface area (Å²) in [6.07, 6.45) is 3.24. The van der Waals surface area contributed by atoms with Crippen molar-refractivity contribution in [3.63, 3.8) is 0 Å². The highest BCUT2D eigenvalue weighted by Gasteiger charge is 2.30. The summed E-state index contributed by atoms with van der Waals surface area (Å²) in [6.45, 7) is 6.65. The van der Waals surface area contributed by atoms with E-state index in [1.165, 1.54) is 0 Å². The Kier molecular flexibility index (Phi) is 7.21. The quantitative estimate of drug-likeness (QED) is 0.747. The van der Waals surface area contributed by atoms with Gasteiger partial charge in [-0.1, -0.05) is 0 Å². The Morgan fingerprint density at radius 3 is 2.50 bits per heavy atom. The van der Waals surface area contributed by atoms with Crippen LogP contribution in [0.4, 0.5) is 11.5 Å². The Morgan fingerprint density at radius 2 is 1.81 bits per heavy atom. The van der Waals surface area contributed by atoms with Gasteiger partial charge in [0.05, 0.1) is 19.8 Å². The number of nitrogens with zero attached hydrogens (tertiary/aromatic N) is 3. The van der Waals surface area contributed by atoms with Gasteiger partial charge in [-0.15, -0.1) is 0 Å². The lowest BCUT2D eigenvalue weighted by atomic mass is 9.95. The highest BCUT2D eigenvalue weighted by Crippen LogP contribution is 2.25. The summed E-state index contributed by atoms with van der Waals surface area (Å²) in [5, 5.41) is 2.91. The maximum atomic E-state index is 12.7. The maximum absolute atomic E-state index is 12.7. The van der Waals surface area contributed by atoms with Gasteiger partial charge in [0.15, 0.2) is 0 Å². The minimum Gasteiger partial charge on any atom is -0.494 e. The van der Waals surface area contributed by atoms with Crippen LogP contribution in [0.2, 0.25) is 0 Å². The van der Waals surface area contributed by atoms with Crippen LogP contribution < -0.4 is 15.0 Å². The molecule has 0 saturated carbocycles. The zero-order chi connectivity index (χ0) is 22.3. The van der Waals surface area contributed by atoms with Crippen molar-refractivity contribution in [3.05, 3.63) is 48.2 Å². The topological polar surface area (TPSA) is 84.0 Å². The van der Waals surface area contributed by atoms with Crippen LogP contribution in [0.15, 0.2) is 42.6 Å². The Balaban J connectivity index is 1.33. The van der Waals surface area contributed by atoms with Crippen LogP contribution in [0.3, 0.4) is 0 Å². The standard InChI is InChI=1S/C24H30N4O4/c1-2-32-21-5-3-20(4-6-21)26-23(29)19-7-10-25-22(17-19)27-11-8-18(9-12-27)24(30)28-13-15-31-16-14-28/h3-7,10,17-18H,2,8-9,11-16H2,1H3,(H,26,29). The number of hydrogen-bond donors (Lipinski definition) is 1. The zero-order valence-electron chi connectivity index (χ0n) is 18.5. The second-order valence-electron chi connectivity index (χ2n) is 8.01. The maximum Gasteiger partial charge on any atom is 0.255 e. The summed E-state index contributed by atoms with van der Waals surface area (Å²) in [7, 11) is 0. The van der Waals surface area contributed by atoms with Crippen molar-refractivity contribution in [2.45, 2.75) is 19.8 Å². The average molecular weight is 439 g/mol. The fraction of sp³-hybridized carbons (Fsp3) is 0.458. The molecule has 2 amide bonds. The number of nitrogens with one attached hydrogen (secondary N) is 1. The third-order valence-electron chi connectivity index (χ3n) is 5.92. The fourth-order valence-corrected chi connectivity index (χ4v) is 4.13. The van der Waals surface area contributed by atoms with Crippen molar-refractivity contribution >= 4 is 23.3 Å². The van der Waals surface area contributed by atoms with Gasteiger partial charge in [-0.2, -0.15) is 0 Å². The van der Waals surface area contributed by atoms with Crippen LogP contribution >= 0.6 is 0 Å². The van der Waals surface area contributed by atoms with Gasteiger partial charge in [-0.3, -0.25) is 9.59 Å². The number of aromatic nitrogens is 1. The lowest BCUT2D eigenvalue weighted by molar-refractivity contribution is -0.140. The number of benzene rings is 1. The molecule has 170 valence electrons. The minimum atomic E-state index is -0.185. The lowest BCUT2D eigenvalue weighted by Crippen LogP contribution is -2.47. The van der Waals surface area contributed by atoms with Crippen molar-refractivity contribution in [3.8, 4) is 5.75 Å². The molecule has 3 heterocycles. The molecule has 0 unspecified atom stereocenters. The number of carbonyl (C=O) groups excluding carboxylic acids is 2. The molecular formula is C24H30N4O4. The van der Waals surface area contributed by atoms with Crippen molar-refractivity contribution < 1.29 is 19.1 Å². The third-order valence-corrected chi connectivity index (χ3v) is 5.92. The first-order valence-electron chi connectivity index (χ1n) is 11.3. The molecule has 8 heteroatoms. The number of hydrogen-bond acceptors (Lipinski definition) is 6. The van der Waals surface area contributed by atoms with Gasteiger partial charge in [0.2, 0.25) is 5.91 Å². The van der Waals surface area contributed by atoms with Crippen molar-refractivity contribution in [2.75, 3.05) is 56.2 Å². The molecule has 0 spiro atoms. The molecule has 4 rings (SSSR count). The molecule has 1 N–H and O–H groups in total. The van der Waals surface area contributed by atoms with E-state index in [1.54, 1.807) is 12.3 Å². The Bertz CT molecular complexity index is 920. The molecule has 2 saturated heterocycles. The molecule has 0 radical (unpaired) electrons. The van der Waals surface area contributed by atoms with E-state index < -0.39 is 0 Å². The van der Waals surface area contributed by atoms with Crippen LogP contribution in [0.1, 0.15) is 30.1 Å². The lowest BCUT2D eigenvalue weighted by Gasteiger charge is -2.36. The second kappa shape index (κ2) is 10.5. The van der Waals surface area contributed by atoms with E-state index in [0.717, 1.165) is 37.5 Å². The Hall–Kier alpha value is -3.13. The summed E-state index contributed by atoms with van der Waals surface area (Å²) in [4.78, 5) is 34.0. The SMILES string of the molecule is CCOc1ccc(NC(=O)c2ccnc(N3CCC(C(=O)N4CCOCC4)CC3)c2)cc1. The molecule has 0 aliphatic carbocycles.